The first kappa shape index (κ1) is 13.6. The van der Waals surface area contributed by atoms with Crippen molar-refractivity contribution < 1.29 is 9.53 Å². The summed E-state index contributed by atoms with van der Waals surface area (Å²) in [6, 6.07) is 13.1. The second kappa shape index (κ2) is 5.89. The Morgan fingerprint density at radius 1 is 1.11 bits per heavy atom. The number of hydrogen-bond donors (Lipinski definition) is 0. The topological polar surface area (TPSA) is 26.3 Å². The highest BCUT2D eigenvalue weighted by Crippen LogP contribution is 2.26. The lowest BCUT2D eigenvalue weighted by Crippen LogP contribution is -2.11. The number of esters is 1. The highest BCUT2D eigenvalue weighted by Gasteiger charge is 2.09. The van der Waals surface area contributed by atoms with E-state index in [9.17, 15) is 4.79 Å². The number of rotatable bonds is 3. The van der Waals surface area contributed by atoms with Gasteiger partial charge in [-0.3, -0.25) is 4.79 Å². The van der Waals surface area contributed by atoms with Crippen molar-refractivity contribution in [2.24, 2.45) is 0 Å². The zero-order valence-electron chi connectivity index (χ0n) is 10.9. The molecule has 2 rings (SSSR count). The maximum Gasteiger partial charge on any atom is 0.315 e. The highest BCUT2D eigenvalue weighted by atomic mass is 35.5. The van der Waals surface area contributed by atoms with Crippen molar-refractivity contribution in [3.63, 3.8) is 0 Å². The Morgan fingerprint density at radius 3 is 2.26 bits per heavy atom. The molecule has 0 aromatic heterocycles. The maximum atomic E-state index is 11.8. The van der Waals surface area contributed by atoms with Gasteiger partial charge in [-0.25, -0.2) is 0 Å². The molecule has 0 spiro atoms. The first-order valence-electron chi connectivity index (χ1n) is 6.07. The van der Waals surface area contributed by atoms with E-state index in [2.05, 4.69) is 0 Å². The van der Waals surface area contributed by atoms with Gasteiger partial charge in [0.15, 0.2) is 0 Å². The minimum absolute atomic E-state index is 0.265. The predicted molar refractivity (Wildman–Crippen MR) is 76.7 cm³/mol. The Balaban J connectivity index is 2.07. The summed E-state index contributed by atoms with van der Waals surface area (Å²) in [5.74, 6) is 0.271. The molecule has 0 radical (unpaired) electrons. The van der Waals surface area contributed by atoms with Gasteiger partial charge in [-0.15, -0.1) is 0 Å². The molecule has 98 valence electrons. The van der Waals surface area contributed by atoms with E-state index in [0.717, 1.165) is 16.7 Å². The van der Waals surface area contributed by atoms with Gasteiger partial charge in [0.25, 0.3) is 0 Å². The Hall–Kier alpha value is -1.80. The fraction of sp³-hybridized carbons (Fsp3) is 0.188. The molecule has 0 N–H and O–H groups in total. The van der Waals surface area contributed by atoms with Crippen LogP contribution in [0, 0.1) is 13.8 Å². The van der Waals surface area contributed by atoms with E-state index in [1.54, 1.807) is 12.1 Å². The highest BCUT2D eigenvalue weighted by molar-refractivity contribution is 6.32. The summed E-state index contributed by atoms with van der Waals surface area (Å²) < 4.78 is 5.34. The normalized spacial score (nSPS) is 10.3. The van der Waals surface area contributed by atoms with Gasteiger partial charge in [-0.05, 0) is 42.7 Å². The lowest BCUT2D eigenvalue weighted by atomic mass is 10.1. The van der Waals surface area contributed by atoms with Crippen LogP contribution in [-0.2, 0) is 11.2 Å². The SMILES string of the molecule is Cc1cc(OC(=O)Cc2ccccc2)cc(C)c1Cl. The molecule has 2 nitrogen and oxygen atoms in total. The van der Waals surface area contributed by atoms with Crippen LogP contribution in [0.1, 0.15) is 16.7 Å². The summed E-state index contributed by atoms with van der Waals surface area (Å²) in [4.78, 5) is 11.8. The molecule has 0 heterocycles. The van der Waals surface area contributed by atoms with Crippen molar-refractivity contribution in [3.8, 4) is 5.75 Å². The fourth-order valence-corrected chi connectivity index (χ4v) is 2.00. The third-order valence-corrected chi connectivity index (χ3v) is 3.43. The van der Waals surface area contributed by atoms with Crippen molar-refractivity contribution in [3.05, 3.63) is 64.2 Å². The van der Waals surface area contributed by atoms with Crippen molar-refractivity contribution >= 4 is 17.6 Å². The molecule has 0 aliphatic rings. The minimum atomic E-state index is -0.271. The quantitative estimate of drug-likeness (QED) is 0.622. The Kier molecular flexibility index (Phi) is 4.23. The van der Waals surface area contributed by atoms with Crippen molar-refractivity contribution in [2.45, 2.75) is 20.3 Å². The molecule has 0 bridgehead atoms. The lowest BCUT2D eigenvalue weighted by Gasteiger charge is -2.08. The predicted octanol–water partition coefficient (Wildman–Crippen LogP) is 4.10. The van der Waals surface area contributed by atoms with Crippen LogP contribution in [-0.4, -0.2) is 5.97 Å². The third kappa shape index (κ3) is 3.58. The van der Waals surface area contributed by atoms with Gasteiger partial charge in [-0.1, -0.05) is 41.9 Å². The molecular weight excluding hydrogens is 260 g/mol. The lowest BCUT2D eigenvalue weighted by molar-refractivity contribution is -0.133. The summed E-state index contributed by atoms with van der Waals surface area (Å²) in [6.07, 6.45) is 0.265. The smallest absolute Gasteiger partial charge is 0.315 e. The first-order valence-corrected chi connectivity index (χ1v) is 6.45. The average Bonchev–Trinajstić information content (AvgIpc) is 2.37. The fourth-order valence-electron chi connectivity index (χ4n) is 1.90. The number of halogens is 1. The van der Waals surface area contributed by atoms with Crippen LogP contribution in [0.4, 0.5) is 0 Å². The van der Waals surface area contributed by atoms with Gasteiger partial charge < -0.3 is 4.74 Å². The Bertz CT molecular complexity index is 568. The van der Waals surface area contributed by atoms with Crippen LogP contribution in [0.15, 0.2) is 42.5 Å². The van der Waals surface area contributed by atoms with Gasteiger partial charge in [-0.2, -0.15) is 0 Å². The molecule has 0 fully saturated rings. The van der Waals surface area contributed by atoms with E-state index < -0.39 is 0 Å². The number of benzene rings is 2. The zero-order chi connectivity index (χ0) is 13.8. The van der Waals surface area contributed by atoms with E-state index in [4.69, 9.17) is 16.3 Å². The molecule has 2 aromatic carbocycles. The summed E-state index contributed by atoms with van der Waals surface area (Å²) in [6.45, 7) is 3.79. The molecule has 3 heteroatoms. The molecule has 0 saturated carbocycles. The van der Waals surface area contributed by atoms with Crippen LogP contribution < -0.4 is 4.74 Å². The van der Waals surface area contributed by atoms with E-state index in [1.807, 2.05) is 44.2 Å². The summed E-state index contributed by atoms with van der Waals surface area (Å²) in [7, 11) is 0. The summed E-state index contributed by atoms with van der Waals surface area (Å²) >= 11 is 6.08. The zero-order valence-corrected chi connectivity index (χ0v) is 11.7. The summed E-state index contributed by atoms with van der Waals surface area (Å²) in [5, 5.41) is 0.711. The summed E-state index contributed by atoms with van der Waals surface area (Å²) in [5.41, 5.74) is 2.75. The first-order chi connectivity index (χ1) is 9.06. The largest absolute Gasteiger partial charge is 0.426 e. The van der Waals surface area contributed by atoms with Crippen molar-refractivity contribution in [2.75, 3.05) is 0 Å². The van der Waals surface area contributed by atoms with E-state index >= 15 is 0 Å². The van der Waals surface area contributed by atoms with Gasteiger partial charge in [0.1, 0.15) is 5.75 Å². The minimum Gasteiger partial charge on any atom is -0.426 e. The molecule has 19 heavy (non-hydrogen) atoms. The van der Waals surface area contributed by atoms with Gasteiger partial charge in [0, 0.05) is 5.02 Å². The van der Waals surface area contributed by atoms with E-state index in [1.165, 1.54) is 0 Å². The van der Waals surface area contributed by atoms with Crippen molar-refractivity contribution in [1.29, 1.82) is 0 Å². The maximum absolute atomic E-state index is 11.8. The van der Waals surface area contributed by atoms with Crippen LogP contribution >= 0.6 is 11.6 Å². The molecule has 0 unspecified atom stereocenters. The Labute approximate surface area is 118 Å². The van der Waals surface area contributed by atoms with Crippen LogP contribution in [0.3, 0.4) is 0 Å². The molecule has 0 aliphatic heterocycles. The number of carbonyl (C=O) groups excluding carboxylic acids is 1. The van der Waals surface area contributed by atoms with E-state index in [0.29, 0.717) is 10.8 Å². The number of aryl methyl sites for hydroxylation is 2. The van der Waals surface area contributed by atoms with Gasteiger partial charge >= 0.3 is 5.97 Å². The number of ether oxygens (including phenoxy) is 1. The Morgan fingerprint density at radius 2 is 1.68 bits per heavy atom. The van der Waals surface area contributed by atoms with Gasteiger partial charge in [0.05, 0.1) is 6.42 Å². The average molecular weight is 275 g/mol. The molecule has 2 aromatic rings. The third-order valence-electron chi connectivity index (χ3n) is 2.83. The van der Waals surface area contributed by atoms with Crippen molar-refractivity contribution in [1.82, 2.24) is 0 Å². The van der Waals surface area contributed by atoms with Crippen LogP contribution in [0.2, 0.25) is 5.02 Å². The van der Waals surface area contributed by atoms with Gasteiger partial charge in [0.2, 0.25) is 0 Å². The van der Waals surface area contributed by atoms with Crippen LogP contribution in [0.25, 0.3) is 0 Å². The molecule has 0 saturated heterocycles. The van der Waals surface area contributed by atoms with Crippen LogP contribution in [0.5, 0.6) is 5.75 Å². The molecule has 0 atom stereocenters. The monoisotopic (exact) mass is 274 g/mol. The molecule has 0 amide bonds. The number of carbonyl (C=O) groups is 1. The molecule has 0 aliphatic carbocycles. The second-order valence-corrected chi connectivity index (χ2v) is 4.89. The second-order valence-electron chi connectivity index (χ2n) is 4.51. The van der Waals surface area contributed by atoms with E-state index in [-0.39, 0.29) is 12.4 Å². The number of hydrogen-bond acceptors (Lipinski definition) is 2. The molecular formula is C16H15ClO2. The standard InChI is InChI=1S/C16H15ClO2/c1-11-8-14(9-12(2)16(11)17)19-15(18)10-13-6-4-3-5-7-13/h3-9H,10H2,1-2H3.